The third-order valence-corrected chi connectivity index (χ3v) is 4.18. The molecule has 0 saturated heterocycles. The molecule has 20 heavy (non-hydrogen) atoms. The molecule has 0 spiro atoms. The Morgan fingerprint density at radius 3 is 2.55 bits per heavy atom. The highest BCUT2D eigenvalue weighted by Gasteiger charge is 2.21. The molecule has 1 aliphatic heterocycles. The van der Waals surface area contributed by atoms with Crippen LogP contribution in [0.4, 0.5) is 11.4 Å². The number of hydrogen-bond acceptors (Lipinski definition) is 2. The van der Waals surface area contributed by atoms with Crippen molar-refractivity contribution in [3.8, 4) is 0 Å². The predicted molar refractivity (Wildman–Crippen MR) is 85.6 cm³/mol. The van der Waals surface area contributed by atoms with Crippen LogP contribution in [-0.2, 0) is 12.8 Å². The maximum atomic E-state index is 6.15. The first-order valence-electron chi connectivity index (χ1n) is 7.48. The van der Waals surface area contributed by atoms with Crippen molar-refractivity contribution in [2.24, 2.45) is 5.73 Å². The van der Waals surface area contributed by atoms with Gasteiger partial charge in [-0.3, -0.25) is 0 Å². The van der Waals surface area contributed by atoms with Crippen LogP contribution in [0.2, 0.25) is 0 Å². The predicted octanol–water partition coefficient (Wildman–Crippen LogP) is 3.66. The minimum absolute atomic E-state index is 0.244. The smallest absolute Gasteiger partial charge is 0.0444 e. The van der Waals surface area contributed by atoms with Crippen LogP contribution >= 0.6 is 0 Å². The molecule has 3 rings (SSSR count). The Kier molecular flexibility index (Phi) is 3.75. The van der Waals surface area contributed by atoms with E-state index in [0.717, 1.165) is 25.8 Å². The minimum Gasteiger partial charge on any atom is -0.341 e. The summed E-state index contributed by atoms with van der Waals surface area (Å²) in [5, 5.41) is 0. The number of hydrogen-bond donors (Lipinski definition) is 1. The lowest BCUT2D eigenvalue weighted by Crippen LogP contribution is -2.23. The molecule has 0 saturated carbocycles. The van der Waals surface area contributed by atoms with Gasteiger partial charge in [-0.15, -0.1) is 0 Å². The number of nitrogens with two attached hydrogens (primary N) is 1. The van der Waals surface area contributed by atoms with E-state index in [-0.39, 0.29) is 6.04 Å². The van der Waals surface area contributed by atoms with E-state index in [1.54, 1.807) is 0 Å². The summed E-state index contributed by atoms with van der Waals surface area (Å²) in [4.78, 5) is 2.44. The van der Waals surface area contributed by atoms with Gasteiger partial charge in [0.05, 0.1) is 0 Å². The van der Waals surface area contributed by atoms with Crippen LogP contribution in [-0.4, -0.2) is 12.6 Å². The molecule has 0 aromatic heterocycles. The van der Waals surface area contributed by atoms with Crippen LogP contribution in [0.1, 0.15) is 24.5 Å². The van der Waals surface area contributed by atoms with Crippen molar-refractivity contribution >= 4 is 11.4 Å². The zero-order valence-corrected chi connectivity index (χ0v) is 12.0. The van der Waals surface area contributed by atoms with Crippen molar-refractivity contribution in [2.45, 2.75) is 32.2 Å². The van der Waals surface area contributed by atoms with Crippen molar-refractivity contribution in [1.29, 1.82) is 0 Å². The van der Waals surface area contributed by atoms with Gasteiger partial charge in [-0.2, -0.15) is 0 Å². The third-order valence-electron chi connectivity index (χ3n) is 4.18. The lowest BCUT2D eigenvalue weighted by Gasteiger charge is -2.24. The summed E-state index contributed by atoms with van der Waals surface area (Å²) in [7, 11) is 0. The van der Waals surface area contributed by atoms with E-state index >= 15 is 0 Å². The molecule has 0 bridgehead atoms. The Morgan fingerprint density at radius 2 is 1.75 bits per heavy atom. The van der Waals surface area contributed by atoms with E-state index in [4.69, 9.17) is 5.73 Å². The summed E-state index contributed by atoms with van der Waals surface area (Å²) in [6, 6.07) is 17.6. The first kappa shape index (κ1) is 13.2. The largest absolute Gasteiger partial charge is 0.341 e. The quantitative estimate of drug-likeness (QED) is 0.915. The molecule has 2 aromatic carbocycles. The maximum absolute atomic E-state index is 6.15. The molecule has 0 radical (unpaired) electrons. The lowest BCUT2D eigenvalue weighted by molar-refractivity contribution is 0.646. The summed E-state index contributed by atoms with van der Waals surface area (Å²) in [6.07, 6.45) is 3.10. The van der Waals surface area contributed by atoms with Crippen molar-refractivity contribution in [2.75, 3.05) is 11.4 Å². The molecule has 2 heteroatoms. The number of nitrogens with zero attached hydrogens (tertiary/aromatic N) is 1. The van der Waals surface area contributed by atoms with Gasteiger partial charge in [0.2, 0.25) is 0 Å². The van der Waals surface area contributed by atoms with Crippen LogP contribution in [0.3, 0.4) is 0 Å². The second-order valence-electron chi connectivity index (χ2n) is 5.53. The molecular weight excluding hydrogens is 244 g/mol. The van der Waals surface area contributed by atoms with Crippen LogP contribution in [0.25, 0.3) is 0 Å². The Labute approximate surface area is 121 Å². The molecule has 0 fully saturated rings. The summed E-state index contributed by atoms with van der Waals surface area (Å²) in [6.45, 7) is 3.22. The summed E-state index contributed by atoms with van der Waals surface area (Å²) in [5.74, 6) is 0. The van der Waals surface area contributed by atoms with Gasteiger partial charge in [0.15, 0.2) is 0 Å². The topological polar surface area (TPSA) is 29.3 Å². The summed E-state index contributed by atoms with van der Waals surface area (Å²) < 4.78 is 0. The Hall–Kier alpha value is -1.80. The molecule has 1 heterocycles. The van der Waals surface area contributed by atoms with E-state index < -0.39 is 0 Å². The normalized spacial score (nSPS) is 15.2. The van der Waals surface area contributed by atoms with Crippen LogP contribution in [0.15, 0.2) is 48.5 Å². The van der Waals surface area contributed by atoms with E-state index in [0.29, 0.717) is 0 Å². The molecular formula is C18H22N2. The van der Waals surface area contributed by atoms with Crippen molar-refractivity contribution in [3.05, 3.63) is 59.7 Å². The van der Waals surface area contributed by atoms with Crippen LogP contribution < -0.4 is 10.6 Å². The van der Waals surface area contributed by atoms with E-state index in [1.165, 1.54) is 22.5 Å². The van der Waals surface area contributed by atoms with Crippen molar-refractivity contribution in [3.63, 3.8) is 0 Å². The van der Waals surface area contributed by atoms with Gasteiger partial charge in [-0.1, -0.05) is 43.3 Å². The molecule has 0 amide bonds. The number of rotatable bonds is 4. The van der Waals surface area contributed by atoms with Crippen LogP contribution in [0, 0.1) is 0 Å². The molecule has 0 aliphatic carbocycles. The van der Waals surface area contributed by atoms with E-state index in [9.17, 15) is 0 Å². The average molecular weight is 266 g/mol. The lowest BCUT2D eigenvalue weighted by atomic mass is 10.0. The molecule has 1 unspecified atom stereocenters. The zero-order chi connectivity index (χ0) is 13.9. The molecule has 2 N–H and O–H groups in total. The molecule has 1 atom stereocenters. The van der Waals surface area contributed by atoms with Crippen molar-refractivity contribution < 1.29 is 0 Å². The Bertz CT molecular complexity index is 591. The Morgan fingerprint density at radius 1 is 1.05 bits per heavy atom. The van der Waals surface area contributed by atoms with Gasteiger partial charge in [-0.05, 0) is 42.5 Å². The monoisotopic (exact) mass is 266 g/mol. The average Bonchev–Trinajstić information content (AvgIpc) is 2.91. The van der Waals surface area contributed by atoms with Gasteiger partial charge in [0, 0.05) is 24.0 Å². The first-order valence-corrected chi connectivity index (χ1v) is 7.48. The zero-order valence-electron chi connectivity index (χ0n) is 12.0. The fourth-order valence-electron chi connectivity index (χ4n) is 2.96. The molecule has 2 aromatic rings. The fraction of sp³-hybridized carbons (Fsp3) is 0.333. The SMILES string of the molecule is CCC(N)Cc1ccccc1N1CCc2ccccc21. The van der Waals surface area contributed by atoms with Gasteiger partial charge in [0.25, 0.3) is 0 Å². The van der Waals surface area contributed by atoms with E-state index in [2.05, 4.69) is 60.4 Å². The Balaban J connectivity index is 1.95. The maximum Gasteiger partial charge on any atom is 0.0444 e. The summed E-state index contributed by atoms with van der Waals surface area (Å²) >= 11 is 0. The van der Waals surface area contributed by atoms with Crippen molar-refractivity contribution in [1.82, 2.24) is 0 Å². The molecule has 1 aliphatic rings. The van der Waals surface area contributed by atoms with Gasteiger partial charge in [-0.25, -0.2) is 0 Å². The second-order valence-corrected chi connectivity index (χ2v) is 5.53. The minimum atomic E-state index is 0.244. The molecule has 104 valence electrons. The first-order chi connectivity index (χ1) is 9.79. The van der Waals surface area contributed by atoms with Gasteiger partial charge >= 0.3 is 0 Å². The van der Waals surface area contributed by atoms with Crippen LogP contribution in [0.5, 0.6) is 0 Å². The number of anilines is 2. The number of benzene rings is 2. The van der Waals surface area contributed by atoms with Gasteiger partial charge in [0.1, 0.15) is 0 Å². The standard InChI is InChI=1S/C18H22N2/c1-2-16(19)13-15-8-4-6-10-18(15)20-12-11-14-7-3-5-9-17(14)20/h3-10,16H,2,11-13,19H2,1H3. The second kappa shape index (κ2) is 5.68. The number of para-hydroxylation sites is 2. The number of fused-ring (bicyclic) bond motifs is 1. The third kappa shape index (κ3) is 2.44. The summed E-state index contributed by atoms with van der Waals surface area (Å²) in [5.41, 5.74) is 11.6. The molecule has 2 nitrogen and oxygen atoms in total. The highest BCUT2D eigenvalue weighted by Crippen LogP contribution is 2.36. The van der Waals surface area contributed by atoms with Gasteiger partial charge < -0.3 is 10.6 Å². The highest BCUT2D eigenvalue weighted by atomic mass is 15.2. The van der Waals surface area contributed by atoms with E-state index in [1.807, 2.05) is 0 Å². The highest BCUT2D eigenvalue weighted by molar-refractivity contribution is 5.72. The fourth-order valence-corrected chi connectivity index (χ4v) is 2.96.